The van der Waals surface area contributed by atoms with E-state index in [0.29, 0.717) is 17.0 Å². The zero-order valence-corrected chi connectivity index (χ0v) is 18.2. The molecule has 1 atom stereocenters. The number of rotatable bonds is 8. The Morgan fingerprint density at radius 3 is 2.39 bits per heavy atom. The van der Waals surface area contributed by atoms with E-state index in [0.717, 1.165) is 12.8 Å². The van der Waals surface area contributed by atoms with Gasteiger partial charge in [-0.1, -0.05) is 40.5 Å². The third-order valence-electron chi connectivity index (χ3n) is 4.15. The molecule has 1 aromatic carbocycles. The van der Waals surface area contributed by atoms with Gasteiger partial charge in [0.05, 0.1) is 4.90 Å². The fourth-order valence-electron chi connectivity index (χ4n) is 2.49. The molecule has 8 nitrogen and oxygen atoms in total. The van der Waals surface area contributed by atoms with Crippen LogP contribution in [0.3, 0.4) is 0 Å². The number of phenolic OH excluding ortho intramolecular Hbond substituents is 1. The van der Waals surface area contributed by atoms with Gasteiger partial charge >= 0.3 is 0 Å². The molecule has 0 radical (unpaired) electrons. The highest BCUT2D eigenvalue weighted by Gasteiger charge is 2.17. The van der Waals surface area contributed by atoms with Gasteiger partial charge in [0, 0.05) is 6.21 Å². The van der Waals surface area contributed by atoms with Crippen LogP contribution in [0.4, 0.5) is 0 Å². The van der Waals surface area contributed by atoms with E-state index in [1.165, 1.54) is 31.9 Å². The van der Waals surface area contributed by atoms with Gasteiger partial charge in [-0.2, -0.15) is 13.5 Å². The molecule has 1 rings (SSSR count). The first kappa shape index (κ1) is 25.9. The lowest BCUT2D eigenvalue weighted by molar-refractivity contribution is 0.461. The number of benzene rings is 1. The molecule has 0 saturated carbocycles. The van der Waals surface area contributed by atoms with Gasteiger partial charge in [-0.25, -0.2) is 5.43 Å². The van der Waals surface area contributed by atoms with Crippen LogP contribution in [0, 0.1) is 18.3 Å². The maximum Gasteiger partial charge on any atom is 0.294 e. The first-order valence-electron chi connectivity index (χ1n) is 9.38. The molecule has 1 unspecified atom stereocenters. The van der Waals surface area contributed by atoms with Gasteiger partial charge in [0.25, 0.3) is 10.1 Å². The van der Waals surface area contributed by atoms with Crippen molar-refractivity contribution in [3.8, 4) is 5.75 Å². The van der Waals surface area contributed by atoms with Crippen LogP contribution in [0.15, 0.2) is 22.1 Å². The van der Waals surface area contributed by atoms with E-state index in [-0.39, 0.29) is 22.5 Å². The van der Waals surface area contributed by atoms with Crippen LogP contribution < -0.4 is 11.2 Å². The second kappa shape index (κ2) is 12.4. The molecule has 0 aliphatic heterocycles. The molecule has 0 aliphatic rings. The van der Waals surface area contributed by atoms with Gasteiger partial charge < -0.3 is 10.8 Å². The minimum Gasteiger partial charge on any atom is -0.508 e. The molecule has 0 aromatic heterocycles. The van der Waals surface area contributed by atoms with Crippen molar-refractivity contribution in [1.82, 2.24) is 5.43 Å². The predicted octanol–water partition coefficient (Wildman–Crippen LogP) is 3.74. The summed E-state index contributed by atoms with van der Waals surface area (Å²) in [6, 6.07) is 2.66. The van der Waals surface area contributed by atoms with E-state index in [1.54, 1.807) is 0 Å². The van der Waals surface area contributed by atoms with Crippen molar-refractivity contribution in [2.45, 2.75) is 71.1 Å². The van der Waals surface area contributed by atoms with E-state index >= 15 is 0 Å². The first-order chi connectivity index (χ1) is 12.9. The van der Waals surface area contributed by atoms with E-state index in [9.17, 15) is 13.5 Å². The van der Waals surface area contributed by atoms with Crippen molar-refractivity contribution < 1.29 is 18.1 Å². The highest BCUT2D eigenvalue weighted by Crippen LogP contribution is 2.30. The topological polar surface area (TPSA) is 149 Å². The summed E-state index contributed by atoms with van der Waals surface area (Å²) in [6.07, 6.45) is 6.53. The minimum atomic E-state index is -4.22. The van der Waals surface area contributed by atoms with Crippen LogP contribution in [0.5, 0.6) is 5.75 Å². The number of guanidine groups is 1. The fourth-order valence-corrected chi connectivity index (χ4v) is 3.23. The van der Waals surface area contributed by atoms with Gasteiger partial charge in [-0.3, -0.25) is 9.96 Å². The lowest BCUT2D eigenvalue weighted by Gasteiger charge is -2.11. The van der Waals surface area contributed by atoms with E-state index in [2.05, 4.69) is 24.4 Å². The molecular formula is C19H34N4O4S. The van der Waals surface area contributed by atoms with E-state index in [1.807, 2.05) is 20.1 Å². The van der Waals surface area contributed by atoms with Crippen LogP contribution >= 0.6 is 0 Å². The molecule has 0 saturated heterocycles. The quantitative estimate of drug-likeness (QED) is 0.189. The smallest absolute Gasteiger partial charge is 0.294 e. The van der Waals surface area contributed by atoms with E-state index < -0.39 is 10.1 Å². The monoisotopic (exact) mass is 414 g/mol. The third kappa shape index (κ3) is 9.70. The Hall–Kier alpha value is -2.13. The summed E-state index contributed by atoms with van der Waals surface area (Å²) >= 11 is 0. The van der Waals surface area contributed by atoms with E-state index in [4.69, 9.17) is 15.7 Å². The zero-order chi connectivity index (χ0) is 21.9. The molecule has 0 fully saturated rings. The molecule has 28 heavy (non-hydrogen) atoms. The highest BCUT2D eigenvalue weighted by atomic mass is 32.2. The molecule has 0 heterocycles. The average molecular weight is 415 g/mol. The van der Waals surface area contributed by atoms with Gasteiger partial charge in [-0.15, -0.1) is 0 Å². The van der Waals surface area contributed by atoms with Crippen molar-refractivity contribution in [2.75, 3.05) is 0 Å². The lowest BCUT2D eigenvalue weighted by atomic mass is 10.0. The Labute approximate surface area is 168 Å². The van der Waals surface area contributed by atoms with Crippen LogP contribution in [0.25, 0.3) is 0 Å². The molecule has 6 N–H and O–H groups in total. The number of aromatic hydroxyl groups is 1. The Morgan fingerprint density at radius 1 is 1.36 bits per heavy atom. The van der Waals surface area contributed by atoms with Gasteiger partial charge in [-0.05, 0) is 54.9 Å². The Balaban J connectivity index is 0.000000528. The molecule has 0 amide bonds. The van der Waals surface area contributed by atoms with Crippen molar-refractivity contribution >= 4 is 22.3 Å². The summed E-state index contributed by atoms with van der Waals surface area (Å²) in [5.74, 6) is 0.439. The minimum absolute atomic E-state index is 0.00824. The SMILES string of the molecule is CCCCC(C=NNC(=N)N)CC.Cc1cc(O)c(C(C)C)cc1S(=O)(=O)O. The number of hydrazone groups is 1. The summed E-state index contributed by atoms with van der Waals surface area (Å²) in [5, 5.41) is 20.3. The van der Waals surface area contributed by atoms with Gasteiger partial charge in [0.1, 0.15) is 5.75 Å². The van der Waals surface area contributed by atoms with Gasteiger partial charge in [0.2, 0.25) is 5.96 Å². The van der Waals surface area contributed by atoms with Crippen molar-refractivity contribution in [2.24, 2.45) is 16.8 Å². The highest BCUT2D eigenvalue weighted by molar-refractivity contribution is 7.85. The largest absolute Gasteiger partial charge is 0.508 e. The molecule has 0 bridgehead atoms. The standard InChI is InChI=1S/C10H14O4S.C9H20N4/c1-6(2)8-5-10(15(12,13)14)7(3)4-9(8)11;1-3-5-6-8(4-2)7-12-13-9(10)11/h4-6,11H,1-3H3,(H,12,13,14);7-8H,3-6H2,1-2H3,(H4,10,11,13). The number of nitrogens with one attached hydrogen (secondary N) is 2. The van der Waals surface area contributed by atoms with Crippen molar-refractivity contribution in [3.05, 3.63) is 23.3 Å². The second-order valence-corrected chi connectivity index (χ2v) is 8.31. The molecule has 9 heteroatoms. The summed E-state index contributed by atoms with van der Waals surface area (Å²) in [7, 11) is -4.22. The number of hydrogen-bond acceptors (Lipinski definition) is 5. The maximum absolute atomic E-state index is 11.0. The van der Waals surface area contributed by atoms with Gasteiger partial charge in [0.15, 0.2) is 0 Å². The molecule has 160 valence electrons. The number of hydrogen-bond donors (Lipinski definition) is 5. The number of nitrogens with two attached hydrogens (primary N) is 1. The number of aryl methyl sites for hydroxylation is 1. The summed E-state index contributed by atoms with van der Waals surface area (Å²) in [4.78, 5) is -0.149. The van der Waals surface area contributed by atoms with Crippen molar-refractivity contribution in [3.63, 3.8) is 0 Å². The summed E-state index contributed by atoms with van der Waals surface area (Å²) < 4.78 is 31.0. The first-order valence-corrected chi connectivity index (χ1v) is 10.8. The number of unbranched alkanes of at least 4 members (excludes halogenated alkanes) is 1. The third-order valence-corrected chi connectivity index (χ3v) is 5.14. The summed E-state index contributed by atoms with van der Waals surface area (Å²) in [5.41, 5.74) is 8.34. The van der Waals surface area contributed by atoms with Crippen LogP contribution in [-0.2, 0) is 10.1 Å². The average Bonchev–Trinajstić information content (AvgIpc) is 2.56. The Bertz CT molecular complexity index is 761. The fraction of sp³-hybridized carbons (Fsp3) is 0.579. The van der Waals surface area contributed by atoms with Crippen LogP contribution in [0.2, 0.25) is 0 Å². The molecular weight excluding hydrogens is 380 g/mol. The number of nitrogens with zero attached hydrogens (tertiary/aromatic N) is 1. The molecule has 0 aliphatic carbocycles. The second-order valence-electron chi connectivity index (χ2n) is 6.92. The Morgan fingerprint density at radius 2 is 1.96 bits per heavy atom. The Kier molecular flexibility index (Phi) is 11.4. The van der Waals surface area contributed by atoms with Crippen LogP contribution in [-0.4, -0.2) is 30.3 Å². The predicted molar refractivity (Wildman–Crippen MR) is 114 cm³/mol. The normalized spacial score (nSPS) is 12.5. The van der Waals surface area contributed by atoms with Crippen LogP contribution in [0.1, 0.15) is 70.4 Å². The maximum atomic E-state index is 11.0. The zero-order valence-electron chi connectivity index (χ0n) is 17.4. The lowest BCUT2D eigenvalue weighted by Crippen LogP contribution is -2.25. The summed E-state index contributed by atoms with van der Waals surface area (Å²) in [6.45, 7) is 9.50. The number of phenols is 1. The molecule has 0 spiro atoms. The van der Waals surface area contributed by atoms with Crippen molar-refractivity contribution in [1.29, 1.82) is 5.41 Å². The molecule has 1 aromatic rings.